The van der Waals surface area contributed by atoms with E-state index in [2.05, 4.69) is 34.2 Å². The summed E-state index contributed by atoms with van der Waals surface area (Å²) in [5, 5.41) is 5.20. The summed E-state index contributed by atoms with van der Waals surface area (Å²) in [7, 11) is 0. The number of hydrogen-bond acceptors (Lipinski definition) is 5. The Balaban J connectivity index is 1.38. The van der Waals surface area contributed by atoms with E-state index in [9.17, 15) is 4.79 Å². The Labute approximate surface area is 168 Å². The Morgan fingerprint density at radius 2 is 1.86 bits per heavy atom. The van der Waals surface area contributed by atoms with Gasteiger partial charge in [0.05, 0.1) is 5.52 Å². The van der Waals surface area contributed by atoms with Crippen LogP contribution < -0.4 is 4.90 Å². The third kappa shape index (κ3) is 3.27. The minimum absolute atomic E-state index is 0.0782. The van der Waals surface area contributed by atoms with Crippen LogP contribution in [0, 0.1) is 0 Å². The number of benzene rings is 2. The van der Waals surface area contributed by atoms with Gasteiger partial charge in [0, 0.05) is 30.0 Å². The summed E-state index contributed by atoms with van der Waals surface area (Å²) in [6.07, 6.45) is 1.35. The molecule has 29 heavy (non-hydrogen) atoms. The summed E-state index contributed by atoms with van der Waals surface area (Å²) in [5.74, 6) is 0.917. The molecule has 2 aromatic carbocycles. The lowest BCUT2D eigenvalue weighted by Crippen LogP contribution is -2.24. The lowest BCUT2D eigenvalue weighted by molar-refractivity contribution is -0.117. The number of anilines is 1. The van der Waals surface area contributed by atoms with E-state index in [4.69, 9.17) is 4.52 Å². The van der Waals surface area contributed by atoms with Gasteiger partial charge < -0.3 is 9.42 Å². The number of para-hydroxylation sites is 1. The first-order valence-corrected chi connectivity index (χ1v) is 9.80. The van der Waals surface area contributed by atoms with Gasteiger partial charge in [-0.15, -0.1) is 0 Å². The van der Waals surface area contributed by atoms with Crippen molar-refractivity contribution in [2.24, 2.45) is 0 Å². The number of rotatable bonds is 4. The minimum Gasteiger partial charge on any atom is -0.332 e. The molecule has 1 aliphatic rings. The Morgan fingerprint density at radius 1 is 1.03 bits per heavy atom. The van der Waals surface area contributed by atoms with Crippen LogP contribution in [0.3, 0.4) is 0 Å². The molecule has 6 nitrogen and oxygen atoms in total. The molecular formula is C23H20N4O2. The molecule has 0 aliphatic carbocycles. The molecule has 1 amide bonds. The molecule has 1 fully saturated rings. The zero-order valence-corrected chi connectivity index (χ0v) is 16.1. The highest BCUT2D eigenvalue weighted by molar-refractivity contribution is 5.96. The largest absolute Gasteiger partial charge is 0.332 e. The van der Waals surface area contributed by atoms with Crippen LogP contribution in [0.25, 0.3) is 22.5 Å². The Hall–Kier alpha value is -3.54. The molecule has 0 saturated carbocycles. The van der Waals surface area contributed by atoms with E-state index in [-0.39, 0.29) is 11.8 Å². The normalized spacial score (nSPS) is 16.7. The second kappa shape index (κ2) is 7.13. The van der Waals surface area contributed by atoms with Crippen molar-refractivity contribution in [2.75, 3.05) is 11.4 Å². The molecule has 4 aromatic rings. The van der Waals surface area contributed by atoms with E-state index in [0.717, 1.165) is 23.0 Å². The van der Waals surface area contributed by atoms with Crippen LogP contribution >= 0.6 is 0 Å². The highest BCUT2D eigenvalue weighted by Crippen LogP contribution is 2.31. The summed E-state index contributed by atoms with van der Waals surface area (Å²) in [5.41, 5.74) is 3.68. The average Bonchev–Trinajstić information content (AvgIpc) is 3.40. The number of hydrogen-bond donors (Lipinski definition) is 0. The van der Waals surface area contributed by atoms with Crippen molar-refractivity contribution in [1.82, 2.24) is 15.1 Å². The van der Waals surface area contributed by atoms with Crippen molar-refractivity contribution in [2.45, 2.75) is 25.7 Å². The van der Waals surface area contributed by atoms with Gasteiger partial charge in [0.15, 0.2) is 5.82 Å². The van der Waals surface area contributed by atoms with E-state index >= 15 is 0 Å². The zero-order chi connectivity index (χ0) is 19.8. The fraction of sp³-hybridized carbons (Fsp3) is 0.217. The zero-order valence-electron chi connectivity index (χ0n) is 16.1. The Kier molecular flexibility index (Phi) is 4.31. The second-order valence-corrected chi connectivity index (χ2v) is 7.27. The number of carbonyl (C=O) groups excluding carboxylic acids is 1. The maximum atomic E-state index is 12.6. The number of nitrogens with zero attached hydrogens (tertiary/aromatic N) is 4. The second-order valence-electron chi connectivity index (χ2n) is 7.27. The molecule has 0 radical (unpaired) electrons. The predicted molar refractivity (Wildman–Crippen MR) is 111 cm³/mol. The number of amides is 1. The van der Waals surface area contributed by atoms with Crippen molar-refractivity contribution in [3.05, 3.63) is 72.1 Å². The summed E-state index contributed by atoms with van der Waals surface area (Å²) in [6, 6.07) is 19.9. The molecule has 3 heterocycles. The van der Waals surface area contributed by atoms with Gasteiger partial charge in [-0.2, -0.15) is 4.98 Å². The van der Waals surface area contributed by atoms with E-state index in [1.807, 2.05) is 48.5 Å². The van der Waals surface area contributed by atoms with Gasteiger partial charge in [-0.1, -0.05) is 48.5 Å². The number of aromatic nitrogens is 3. The number of pyridine rings is 1. The van der Waals surface area contributed by atoms with Crippen LogP contribution in [0.2, 0.25) is 0 Å². The molecule has 6 heteroatoms. The summed E-state index contributed by atoms with van der Waals surface area (Å²) in [4.78, 5) is 23.5. The lowest BCUT2D eigenvalue weighted by Gasteiger charge is -2.16. The van der Waals surface area contributed by atoms with E-state index in [0.29, 0.717) is 30.4 Å². The third-order valence-corrected chi connectivity index (χ3v) is 5.41. The first-order valence-electron chi connectivity index (χ1n) is 9.80. The lowest BCUT2D eigenvalue weighted by atomic mass is 10.1. The van der Waals surface area contributed by atoms with Gasteiger partial charge in [0.25, 0.3) is 5.89 Å². The Bertz CT molecular complexity index is 1180. The molecule has 1 atom stereocenters. The Morgan fingerprint density at radius 3 is 2.69 bits per heavy atom. The highest BCUT2D eigenvalue weighted by Gasteiger charge is 2.34. The van der Waals surface area contributed by atoms with E-state index in [1.165, 1.54) is 5.56 Å². The van der Waals surface area contributed by atoms with Crippen LogP contribution in [0.5, 0.6) is 0 Å². The fourth-order valence-electron chi connectivity index (χ4n) is 3.73. The molecular weight excluding hydrogens is 364 g/mol. The standard InChI is InChI=1S/C23H20N4O2/c1-2-15-7-10-18(11-8-15)27-14-17(13-21(27)28)22-25-23(29-26-22)20-12-9-16-5-3-4-6-19(16)24-20/h3-12,17H,2,13-14H2,1H3. The smallest absolute Gasteiger partial charge is 0.276 e. The minimum atomic E-state index is -0.0914. The van der Waals surface area contributed by atoms with Crippen molar-refractivity contribution >= 4 is 22.5 Å². The first-order chi connectivity index (χ1) is 14.2. The SMILES string of the molecule is CCc1ccc(N2CC(c3noc(-c4ccc5ccccc5n4)n3)CC2=O)cc1. The van der Waals surface area contributed by atoms with E-state index in [1.54, 1.807) is 4.90 Å². The molecule has 1 saturated heterocycles. The highest BCUT2D eigenvalue weighted by atomic mass is 16.5. The van der Waals surface area contributed by atoms with Gasteiger partial charge in [0.2, 0.25) is 5.91 Å². The first kappa shape index (κ1) is 17.6. The molecule has 0 spiro atoms. The topological polar surface area (TPSA) is 72.1 Å². The van der Waals surface area contributed by atoms with Crippen molar-refractivity contribution in [3.8, 4) is 11.6 Å². The predicted octanol–water partition coefficient (Wildman–Crippen LogP) is 4.37. The molecule has 144 valence electrons. The van der Waals surface area contributed by atoms with Gasteiger partial charge >= 0.3 is 0 Å². The van der Waals surface area contributed by atoms with Gasteiger partial charge in [-0.3, -0.25) is 4.79 Å². The van der Waals surface area contributed by atoms with Crippen molar-refractivity contribution in [3.63, 3.8) is 0 Å². The van der Waals surface area contributed by atoms with Gasteiger partial charge in [0.1, 0.15) is 5.69 Å². The van der Waals surface area contributed by atoms with Gasteiger partial charge in [-0.25, -0.2) is 4.98 Å². The molecule has 0 N–H and O–H groups in total. The van der Waals surface area contributed by atoms with E-state index < -0.39 is 0 Å². The third-order valence-electron chi connectivity index (χ3n) is 5.41. The molecule has 1 aliphatic heterocycles. The van der Waals surface area contributed by atoms with Gasteiger partial charge in [-0.05, 0) is 36.2 Å². The maximum Gasteiger partial charge on any atom is 0.276 e. The van der Waals surface area contributed by atoms with Crippen LogP contribution in [-0.4, -0.2) is 27.6 Å². The summed E-state index contributed by atoms with van der Waals surface area (Å²) < 4.78 is 5.47. The maximum absolute atomic E-state index is 12.6. The monoisotopic (exact) mass is 384 g/mol. The summed E-state index contributed by atoms with van der Waals surface area (Å²) in [6.45, 7) is 2.67. The van der Waals surface area contributed by atoms with Crippen molar-refractivity contribution in [1.29, 1.82) is 0 Å². The molecule has 5 rings (SSSR count). The van der Waals surface area contributed by atoms with Crippen LogP contribution in [0.1, 0.15) is 30.7 Å². The fourth-order valence-corrected chi connectivity index (χ4v) is 3.73. The average molecular weight is 384 g/mol. The summed E-state index contributed by atoms with van der Waals surface area (Å²) >= 11 is 0. The van der Waals surface area contributed by atoms with Crippen LogP contribution in [0.15, 0.2) is 65.2 Å². The molecule has 2 aromatic heterocycles. The number of carbonyl (C=O) groups is 1. The quantitative estimate of drug-likeness (QED) is 0.522. The number of aryl methyl sites for hydroxylation is 1. The molecule has 1 unspecified atom stereocenters. The molecule has 0 bridgehead atoms. The number of fused-ring (bicyclic) bond motifs is 1. The van der Waals surface area contributed by atoms with Crippen LogP contribution in [-0.2, 0) is 11.2 Å². The van der Waals surface area contributed by atoms with Crippen LogP contribution in [0.4, 0.5) is 5.69 Å². The van der Waals surface area contributed by atoms with Crippen molar-refractivity contribution < 1.29 is 9.32 Å².